The fraction of sp³-hybridized carbons (Fsp3) is 0.231. The third kappa shape index (κ3) is 2.42. The molecule has 6 heteroatoms. The molecule has 0 bridgehead atoms. The number of likely N-dealkylation sites (N-methyl/N-ethyl adjacent to an activating group) is 1. The molecule has 0 unspecified atom stereocenters. The Hall–Kier alpha value is -1.63. The first-order valence-corrected chi connectivity index (χ1v) is 7.27. The lowest BCUT2D eigenvalue weighted by Gasteiger charge is -2.17. The Kier molecular flexibility index (Phi) is 3.75. The van der Waals surface area contributed by atoms with Crippen LogP contribution in [-0.2, 0) is 10.0 Å². The number of benzene rings is 2. The van der Waals surface area contributed by atoms with E-state index in [-0.39, 0.29) is 18.0 Å². The molecule has 0 fully saturated rings. The van der Waals surface area contributed by atoms with Crippen molar-refractivity contribution in [3.05, 3.63) is 36.4 Å². The fourth-order valence-corrected chi connectivity index (χ4v) is 3.30. The van der Waals surface area contributed by atoms with Crippen LogP contribution in [0.15, 0.2) is 41.3 Å². The van der Waals surface area contributed by atoms with Crippen LogP contribution in [0, 0.1) is 0 Å². The minimum absolute atomic E-state index is 0.0566. The zero-order valence-corrected chi connectivity index (χ0v) is 11.4. The van der Waals surface area contributed by atoms with Gasteiger partial charge in [0.05, 0.1) is 11.5 Å². The number of hydrogen-bond donors (Lipinski definition) is 2. The van der Waals surface area contributed by atoms with Gasteiger partial charge in [-0.1, -0.05) is 24.3 Å². The van der Waals surface area contributed by atoms with E-state index in [0.717, 1.165) is 4.31 Å². The number of hydrogen-bond acceptors (Lipinski definition) is 4. The Bertz CT molecular complexity index is 698. The number of aliphatic hydroxyl groups is 1. The highest BCUT2D eigenvalue weighted by Crippen LogP contribution is 2.29. The second-order valence-corrected chi connectivity index (χ2v) is 6.26. The van der Waals surface area contributed by atoms with Gasteiger partial charge in [-0.05, 0) is 12.1 Å². The molecule has 0 heterocycles. The van der Waals surface area contributed by atoms with Crippen LogP contribution in [0.5, 0.6) is 0 Å². The van der Waals surface area contributed by atoms with Gasteiger partial charge in [0.15, 0.2) is 0 Å². The molecule has 19 heavy (non-hydrogen) atoms. The van der Waals surface area contributed by atoms with Crippen molar-refractivity contribution in [1.82, 2.24) is 4.31 Å². The molecule has 0 spiro atoms. The van der Waals surface area contributed by atoms with Gasteiger partial charge < -0.3 is 10.8 Å². The molecule has 0 aliphatic rings. The SMILES string of the molecule is CN(CCO)S(=O)(=O)c1ccc(N)c2ccccc12. The highest BCUT2D eigenvalue weighted by Gasteiger charge is 2.22. The second-order valence-electron chi connectivity index (χ2n) is 4.25. The van der Waals surface area contributed by atoms with Gasteiger partial charge in [0.1, 0.15) is 0 Å². The minimum atomic E-state index is -3.63. The molecule has 3 N–H and O–H groups in total. The van der Waals surface area contributed by atoms with Crippen molar-refractivity contribution in [1.29, 1.82) is 0 Å². The zero-order valence-electron chi connectivity index (χ0n) is 10.6. The third-order valence-corrected chi connectivity index (χ3v) is 4.94. The van der Waals surface area contributed by atoms with Crippen LogP contribution in [0.1, 0.15) is 0 Å². The van der Waals surface area contributed by atoms with E-state index >= 15 is 0 Å². The molecule has 2 aromatic carbocycles. The molecular weight excluding hydrogens is 264 g/mol. The number of fused-ring (bicyclic) bond motifs is 1. The zero-order chi connectivity index (χ0) is 14.0. The van der Waals surface area contributed by atoms with Crippen LogP contribution >= 0.6 is 0 Å². The predicted molar refractivity (Wildman–Crippen MR) is 75.3 cm³/mol. The van der Waals surface area contributed by atoms with E-state index in [9.17, 15) is 8.42 Å². The molecule has 2 rings (SSSR count). The first kappa shape index (κ1) is 13.8. The summed E-state index contributed by atoms with van der Waals surface area (Å²) >= 11 is 0. The third-order valence-electron chi connectivity index (χ3n) is 3.02. The van der Waals surface area contributed by atoms with Crippen LogP contribution in [0.2, 0.25) is 0 Å². The van der Waals surface area contributed by atoms with E-state index in [1.807, 2.05) is 6.07 Å². The number of nitrogens with zero attached hydrogens (tertiary/aromatic N) is 1. The summed E-state index contributed by atoms with van der Waals surface area (Å²) in [6.07, 6.45) is 0. The summed E-state index contributed by atoms with van der Waals surface area (Å²) in [5, 5.41) is 10.2. The van der Waals surface area contributed by atoms with Crippen LogP contribution in [0.3, 0.4) is 0 Å². The Balaban J connectivity index is 2.67. The van der Waals surface area contributed by atoms with Crippen molar-refractivity contribution in [3.63, 3.8) is 0 Å². The van der Waals surface area contributed by atoms with Gasteiger partial charge in [0, 0.05) is 30.1 Å². The molecule has 0 saturated heterocycles. The van der Waals surface area contributed by atoms with E-state index in [2.05, 4.69) is 0 Å². The van der Waals surface area contributed by atoms with Gasteiger partial charge in [0.2, 0.25) is 10.0 Å². The largest absolute Gasteiger partial charge is 0.398 e. The highest BCUT2D eigenvalue weighted by molar-refractivity contribution is 7.89. The monoisotopic (exact) mass is 280 g/mol. The Labute approximate surface area is 112 Å². The fourth-order valence-electron chi connectivity index (χ4n) is 1.95. The molecule has 0 radical (unpaired) electrons. The van der Waals surface area contributed by atoms with Crippen LogP contribution in [0.4, 0.5) is 5.69 Å². The lowest BCUT2D eigenvalue weighted by atomic mass is 10.1. The van der Waals surface area contributed by atoms with Gasteiger partial charge in [0.25, 0.3) is 0 Å². The van der Waals surface area contributed by atoms with Crippen molar-refractivity contribution in [2.45, 2.75) is 4.90 Å². The minimum Gasteiger partial charge on any atom is -0.398 e. The Morgan fingerprint density at radius 1 is 1.16 bits per heavy atom. The number of rotatable bonds is 4. The smallest absolute Gasteiger partial charge is 0.243 e. The molecule has 0 atom stereocenters. The number of sulfonamides is 1. The number of nitrogens with two attached hydrogens (primary N) is 1. The van der Waals surface area contributed by atoms with Crippen LogP contribution < -0.4 is 5.73 Å². The molecule has 102 valence electrons. The van der Waals surface area contributed by atoms with Gasteiger partial charge in [-0.15, -0.1) is 0 Å². The second kappa shape index (κ2) is 5.16. The Morgan fingerprint density at radius 3 is 2.42 bits per heavy atom. The molecule has 5 nitrogen and oxygen atoms in total. The standard InChI is InChI=1S/C13H16N2O3S/c1-15(8-9-16)19(17,18)13-7-6-12(14)10-4-2-3-5-11(10)13/h2-7,16H,8-9,14H2,1H3. The maximum absolute atomic E-state index is 12.4. The molecule has 0 saturated carbocycles. The molecule has 0 aromatic heterocycles. The van der Waals surface area contributed by atoms with Crippen molar-refractivity contribution in [2.75, 3.05) is 25.9 Å². The first-order valence-electron chi connectivity index (χ1n) is 5.83. The lowest BCUT2D eigenvalue weighted by Crippen LogP contribution is -2.29. The van der Waals surface area contributed by atoms with E-state index in [1.54, 1.807) is 24.3 Å². The summed E-state index contributed by atoms with van der Waals surface area (Å²) in [6, 6.07) is 10.2. The summed E-state index contributed by atoms with van der Waals surface area (Å²) < 4.78 is 26.0. The summed E-state index contributed by atoms with van der Waals surface area (Å²) in [5.74, 6) is 0. The van der Waals surface area contributed by atoms with Crippen LogP contribution in [-0.4, -0.2) is 38.0 Å². The first-order chi connectivity index (χ1) is 8.98. The molecule has 2 aromatic rings. The van der Waals surface area contributed by atoms with Crippen LogP contribution in [0.25, 0.3) is 10.8 Å². The quantitative estimate of drug-likeness (QED) is 0.819. The maximum atomic E-state index is 12.4. The van der Waals surface area contributed by atoms with Gasteiger partial charge in [-0.3, -0.25) is 0 Å². The van der Waals surface area contributed by atoms with Crippen molar-refractivity contribution in [2.24, 2.45) is 0 Å². The van der Waals surface area contributed by atoms with Gasteiger partial charge in [-0.25, -0.2) is 8.42 Å². The van der Waals surface area contributed by atoms with Gasteiger partial charge >= 0.3 is 0 Å². The average Bonchev–Trinajstić information content (AvgIpc) is 2.39. The van der Waals surface area contributed by atoms with E-state index in [4.69, 9.17) is 10.8 Å². The van der Waals surface area contributed by atoms with E-state index in [1.165, 1.54) is 13.1 Å². The number of nitrogen functional groups attached to an aromatic ring is 1. The van der Waals surface area contributed by atoms with E-state index < -0.39 is 10.0 Å². The number of anilines is 1. The predicted octanol–water partition coefficient (Wildman–Crippen LogP) is 1.03. The summed E-state index contributed by atoms with van der Waals surface area (Å²) in [7, 11) is -2.19. The molecule has 0 amide bonds. The van der Waals surface area contributed by atoms with Gasteiger partial charge in [-0.2, -0.15) is 4.31 Å². The summed E-state index contributed by atoms with van der Waals surface area (Å²) in [6.45, 7) is -0.163. The van der Waals surface area contributed by atoms with Crippen molar-refractivity contribution < 1.29 is 13.5 Å². The average molecular weight is 280 g/mol. The maximum Gasteiger partial charge on any atom is 0.243 e. The van der Waals surface area contributed by atoms with Crippen molar-refractivity contribution >= 4 is 26.5 Å². The lowest BCUT2D eigenvalue weighted by molar-refractivity contribution is 0.266. The molecular formula is C13H16N2O3S. The normalized spacial score (nSPS) is 12.2. The summed E-state index contributed by atoms with van der Waals surface area (Å²) in [5.41, 5.74) is 6.40. The van der Waals surface area contributed by atoms with E-state index in [0.29, 0.717) is 16.5 Å². The summed E-state index contributed by atoms with van der Waals surface area (Å²) in [4.78, 5) is 0.202. The highest BCUT2D eigenvalue weighted by atomic mass is 32.2. The van der Waals surface area contributed by atoms with Crippen molar-refractivity contribution in [3.8, 4) is 0 Å². The number of aliphatic hydroxyl groups excluding tert-OH is 1. The molecule has 0 aliphatic heterocycles. The Morgan fingerprint density at radius 2 is 1.79 bits per heavy atom. The topological polar surface area (TPSA) is 83.6 Å². The molecule has 0 aliphatic carbocycles.